The summed E-state index contributed by atoms with van der Waals surface area (Å²) < 4.78 is 0. The minimum atomic E-state index is 0.739. The molecule has 0 radical (unpaired) electrons. The zero-order valence-corrected chi connectivity index (χ0v) is 15.7. The summed E-state index contributed by atoms with van der Waals surface area (Å²) in [6.07, 6.45) is 4.64. The normalized spacial score (nSPS) is 17.5. The van der Waals surface area contributed by atoms with Crippen molar-refractivity contribution >= 4 is 0 Å². The zero-order chi connectivity index (χ0) is 17.9. The molecule has 2 unspecified atom stereocenters. The number of rotatable bonds is 4. The van der Waals surface area contributed by atoms with Crippen molar-refractivity contribution in [2.45, 2.75) is 39.5 Å². The van der Waals surface area contributed by atoms with Crippen molar-refractivity contribution in [2.24, 2.45) is 11.8 Å². The van der Waals surface area contributed by atoms with Gasteiger partial charge in [-0.1, -0.05) is 80.9 Å². The first-order chi connectivity index (χ1) is 12.8. The van der Waals surface area contributed by atoms with Gasteiger partial charge in [0.2, 0.25) is 0 Å². The smallest absolute Gasteiger partial charge is 0.101 e. The van der Waals surface area contributed by atoms with Gasteiger partial charge in [0.15, 0.2) is 0 Å². The number of aryl methyl sites for hydroxylation is 1. The Balaban J connectivity index is 1.90. The second-order valence-electron chi connectivity index (χ2n) is 7.47. The van der Waals surface area contributed by atoms with Crippen LogP contribution in [-0.4, -0.2) is 10.2 Å². The average molecular weight is 342 g/mol. The first-order valence-electron chi connectivity index (χ1n) is 9.77. The molecule has 0 aliphatic heterocycles. The van der Waals surface area contributed by atoms with Gasteiger partial charge >= 0.3 is 0 Å². The van der Waals surface area contributed by atoms with E-state index in [0.29, 0.717) is 0 Å². The highest BCUT2D eigenvalue weighted by Crippen LogP contribution is 2.40. The molecule has 0 spiro atoms. The summed E-state index contributed by atoms with van der Waals surface area (Å²) in [7, 11) is 0. The summed E-state index contributed by atoms with van der Waals surface area (Å²) in [6, 6.07) is 21.2. The van der Waals surface area contributed by atoms with E-state index in [-0.39, 0.29) is 0 Å². The van der Waals surface area contributed by atoms with E-state index in [1.807, 2.05) is 0 Å². The first-order valence-corrected chi connectivity index (χ1v) is 9.77. The Morgan fingerprint density at radius 2 is 1.58 bits per heavy atom. The molecular weight excluding hydrogens is 316 g/mol. The molecule has 4 rings (SSSR count). The lowest BCUT2D eigenvalue weighted by Crippen LogP contribution is -2.22. The highest BCUT2D eigenvalue weighted by Gasteiger charge is 2.28. The summed E-state index contributed by atoms with van der Waals surface area (Å²) >= 11 is 0. The summed E-state index contributed by atoms with van der Waals surface area (Å²) in [4.78, 5) is 0. The standard InChI is InChI=1S/C24H26N2/c1-3-17(2)20-14-15-22-21(16-20)23(18-10-6-4-7-11-18)24(26-25-22)19-12-8-5-9-13-19/h4-13,17,20H,3,14-16H2,1-2H3. The largest absolute Gasteiger partial charge is 0.155 e. The molecule has 1 aromatic heterocycles. The molecule has 1 heterocycles. The van der Waals surface area contributed by atoms with Gasteiger partial charge in [-0.3, -0.25) is 0 Å². The minimum Gasteiger partial charge on any atom is -0.155 e. The van der Waals surface area contributed by atoms with Gasteiger partial charge in [0.05, 0.1) is 5.69 Å². The molecule has 132 valence electrons. The highest BCUT2D eigenvalue weighted by molar-refractivity contribution is 5.83. The fraction of sp³-hybridized carbons (Fsp3) is 0.333. The molecule has 0 bridgehead atoms. The Hall–Kier alpha value is -2.48. The lowest BCUT2D eigenvalue weighted by Gasteiger charge is -2.30. The second-order valence-corrected chi connectivity index (χ2v) is 7.47. The Morgan fingerprint density at radius 1 is 0.923 bits per heavy atom. The third-order valence-electron chi connectivity index (χ3n) is 5.93. The van der Waals surface area contributed by atoms with Crippen LogP contribution in [0, 0.1) is 11.8 Å². The van der Waals surface area contributed by atoms with E-state index in [4.69, 9.17) is 0 Å². The van der Waals surface area contributed by atoms with E-state index >= 15 is 0 Å². The predicted octanol–water partition coefficient (Wildman–Crippen LogP) is 5.96. The molecule has 2 heteroatoms. The van der Waals surface area contributed by atoms with E-state index in [2.05, 4.69) is 84.7 Å². The van der Waals surface area contributed by atoms with Gasteiger partial charge in [-0.15, -0.1) is 5.10 Å². The van der Waals surface area contributed by atoms with Crippen molar-refractivity contribution < 1.29 is 0 Å². The third kappa shape index (κ3) is 3.16. The Kier molecular flexibility index (Phi) is 4.83. The zero-order valence-electron chi connectivity index (χ0n) is 15.7. The van der Waals surface area contributed by atoms with Gasteiger partial charge in [-0.05, 0) is 42.2 Å². The molecule has 0 saturated heterocycles. The van der Waals surface area contributed by atoms with Crippen molar-refractivity contribution in [3.63, 3.8) is 0 Å². The molecule has 2 nitrogen and oxygen atoms in total. The minimum absolute atomic E-state index is 0.739. The van der Waals surface area contributed by atoms with Gasteiger partial charge < -0.3 is 0 Å². The second kappa shape index (κ2) is 7.41. The van der Waals surface area contributed by atoms with Gasteiger partial charge in [-0.2, -0.15) is 5.10 Å². The van der Waals surface area contributed by atoms with Gasteiger partial charge in [0.25, 0.3) is 0 Å². The van der Waals surface area contributed by atoms with E-state index in [0.717, 1.165) is 35.9 Å². The molecule has 0 N–H and O–H groups in total. The molecule has 3 aromatic rings. The number of nitrogens with zero attached hydrogens (tertiary/aromatic N) is 2. The van der Waals surface area contributed by atoms with Crippen molar-refractivity contribution in [2.75, 3.05) is 0 Å². The molecular formula is C24H26N2. The molecule has 0 amide bonds. The van der Waals surface area contributed by atoms with Gasteiger partial charge in [0, 0.05) is 11.1 Å². The van der Waals surface area contributed by atoms with Crippen molar-refractivity contribution in [3.05, 3.63) is 71.9 Å². The molecule has 0 saturated carbocycles. The van der Waals surface area contributed by atoms with Crippen molar-refractivity contribution in [1.29, 1.82) is 0 Å². The van der Waals surface area contributed by atoms with E-state index in [1.165, 1.54) is 35.2 Å². The van der Waals surface area contributed by atoms with Crippen molar-refractivity contribution in [1.82, 2.24) is 10.2 Å². The van der Waals surface area contributed by atoms with Gasteiger partial charge in [0.1, 0.15) is 5.69 Å². The van der Waals surface area contributed by atoms with Crippen LogP contribution in [0.2, 0.25) is 0 Å². The Morgan fingerprint density at radius 3 is 2.23 bits per heavy atom. The lowest BCUT2D eigenvalue weighted by atomic mass is 9.76. The van der Waals surface area contributed by atoms with Crippen LogP contribution in [0.5, 0.6) is 0 Å². The highest BCUT2D eigenvalue weighted by atomic mass is 15.1. The summed E-state index contributed by atoms with van der Waals surface area (Å²) in [6.45, 7) is 4.70. The number of aromatic nitrogens is 2. The topological polar surface area (TPSA) is 25.8 Å². The summed E-state index contributed by atoms with van der Waals surface area (Å²) in [5.41, 5.74) is 7.31. The maximum atomic E-state index is 4.68. The van der Waals surface area contributed by atoms with Crippen LogP contribution in [0.3, 0.4) is 0 Å². The fourth-order valence-corrected chi connectivity index (χ4v) is 4.15. The van der Waals surface area contributed by atoms with Crippen molar-refractivity contribution in [3.8, 4) is 22.4 Å². The lowest BCUT2D eigenvalue weighted by molar-refractivity contribution is 0.310. The quantitative estimate of drug-likeness (QED) is 0.584. The number of hydrogen-bond donors (Lipinski definition) is 0. The predicted molar refractivity (Wildman–Crippen MR) is 108 cm³/mol. The number of fused-ring (bicyclic) bond motifs is 1. The maximum absolute atomic E-state index is 4.68. The van der Waals surface area contributed by atoms with Crippen LogP contribution in [0.25, 0.3) is 22.4 Å². The molecule has 26 heavy (non-hydrogen) atoms. The summed E-state index contributed by atoms with van der Waals surface area (Å²) in [5, 5.41) is 9.33. The Bertz CT molecular complexity index is 871. The molecule has 2 atom stereocenters. The molecule has 2 aromatic carbocycles. The molecule has 1 aliphatic rings. The SMILES string of the molecule is CCC(C)C1CCc2nnc(-c3ccccc3)c(-c3ccccc3)c2C1. The van der Waals surface area contributed by atoms with Crippen LogP contribution in [0.15, 0.2) is 60.7 Å². The average Bonchev–Trinajstić information content (AvgIpc) is 2.73. The summed E-state index contributed by atoms with van der Waals surface area (Å²) in [5.74, 6) is 1.49. The molecule has 0 fully saturated rings. The monoisotopic (exact) mass is 342 g/mol. The first kappa shape index (κ1) is 17.0. The molecule has 1 aliphatic carbocycles. The van der Waals surface area contributed by atoms with E-state index < -0.39 is 0 Å². The number of benzene rings is 2. The maximum Gasteiger partial charge on any atom is 0.101 e. The van der Waals surface area contributed by atoms with Crippen LogP contribution >= 0.6 is 0 Å². The third-order valence-corrected chi connectivity index (χ3v) is 5.93. The Labute approximate surface area is 156 Å². The van der Waals surface area contributed by atoms with Gasteiger partial charge in [-0.25, -0.2) is 0 Å². The fourth-order valence-electron chi connectivity index (χ4n) is 4.15. The van der Waals surface area contributed by atoms with Crippen LogP contribution < -0.4 is 0 Å². The van der Waals surface area contributed by atoms with E-state index in [9.17, 15) is 0 Å². The van der Waals surface area contributed by atoms with Crippen LogP contribution in [0.1, 0.15) is 37.9 Å². The van der Waals surface area contributed by atoms with E-state index in [1.54, 1.807) is 0 Å². The number of hydrogen-bond acceptors (Lipinski definition) is 2. The van der Waals surface area contributed by atoms with Crippen LogP contribution in [0.4, 0.5) is 0 Å². The van der Waals surface area contributed by atoms with Crippen LogP contribution in [-0.2, 0) is 12.8 Å².